The van der Waals surface area contributed by atoms with E-state index in [0.717, 1.165) is 29.4 Å². The molecule has 0 amide bonds. The highest BCUT2D eigenvalue weighted by atomic mass is 79.9. The van der Waals surface area contributed by atoms with Crippen molar-refractivity contribution in [3.8, 4) is 0 Å². The molecule has 4 heteroatoms. The fourth-order valence-corrected chi connectivity index (χ4v) is 3.04. The zero-order chi connectivity index (χ0) is 15.2. The average molecular weight is 371 g/mol. The molecule has 2 aromatic carbocycles. The molecule has 2 rings (SSSR count). The summed E-state index contributed by atoms with van der Waals surface area (Å²) in [7, 11) is 0. The highest BCUT2D eigenvalue weighted by Crippen LogP contribution is 2.29. The first-order chi connectivity index (χ1) is 10.1. The van der Waals surface area contributed by atoms with Crippen LogP contribution in [-0.2, 0) is 6.42 Å². The summed E-state index contributed by atoms with van der Waals surface area (Å²) in [6.07, 6.45) is 1.72. The van der Waals surface area contributed by atoms with Crippen molar-refractivity contribution < 1.29 is 4.39 Å². The predicted molar refractivity (Wildman–Crippen MR) is 90.3 cm³/mol. The van der Waals surface area contributed by atoms with Gasteiger partial charge in [0.25, 0.3) is 0 Å². The van der Waals surface area contributed by atoms with Crippen LogP contribution in [0.3, 0.4) is 0 Å². The molecule has 0 saturated carbocycles. The number of nitrogens with one attached hydrogen (secondary N) is 1. The van der Waals surface area contributed by atoms with Gasteiger partial charge < -0.3 is 5.32 Å². The van der Waals surface area contributed by atoms with Crippen LogP contribution >= 0.6 is 27.5 Å². The first-order valence-corrected chi connectivity index (χ1v) is 8.20. The molecule has 0 fully saturated rings. The van der Waals surface area contributed by atoms with Gasteiger partial charge in [-0.3, -0.25) is 0 Å². The normalized spacial score (nSPS) is 12.4. The third-order valence-corrected chi connectivity index (χ3v) is 4.29. The first-order valence-electron chi connectivity index (χ1n) is 7.03. The highest BCUT2D eigenvalue weighted by molar-refractivity contribution is 9.10. The van der Waals surface area contributed by atoms with Gasteiger partial charge in [0.1, 0.15) is 5.82 Å². The molecule has 21 heavy (non-hydrogen) atoms. The molecular formula is C17H18BrClFN. The van der Waals surface area contributed by atoms with Gasteiger partial charge in [-0.05, 0) is 49.2 Å². The Balaban J connectivity index is 2.27. The molecule has 0 saturated heterocycles. The molecule has 1 atom stereocenters. The molecule has 0 heterocycles. The Morgan fingerprint density at radius 3 is 2.52 bits per heavy atom. The Morgan fingerprint density at radius 1 is 1.19 bits per heavy atom. The maximum atomic E-state index is 14.2. The molecule has 1 unspecified atom stereocenters. The zero-order valence-corrected chi connectivity index (χ0v) is 14.2. The van der Waals surface area contributed by atoms with Crippen molar-refractivity contribution in [3.05, 3.63) is 68.9 Å². The highest BCUT2D eigenvalue weighted by Gasteiger charge is 2.18. The lowest BCUT2D eigenvalue weighted by Gasteiger charge is -2.21. The van der Waals surface area contributed by atoms with Crippen molar-refractivity contribution in [1.82, 2.24) is 5.32 Å². The maximum Gasteiger partial charge on any atom is 0.129 e. The van der Waals surface area contributed by atoms with Crippen LogP contribution in [0.25, 0.3) is 0 Å². The van der Waals surface area contributed by atoms with Crippen LogP contribution < -0.4 is 5.32 Å². The van der Waals surface area contributed by atoms with Gasteiger partial charge in [-0.2, -0.15) is 0 Å². The van der Waals surface area contributed by atoms with Crippen LogP contribution in [0.2, 0.25) is 5.02 Å². The minimum absolute atomic E-state index is 0.0679. The molecule has 0 spiro atoms. The van der Waals surface area contributed by atoms with Crippen molar-refractivity contribution >= 4 is 27.5 Å². The Hall–Kier alpha value is -0.900. The maximum absolute atomic E-state index is 14.2. The van der Waals surface area contributed by atoms with Crippen molar-refractivity contribution in [2.45, 2.75) is 25.8 Å². The topological polar surface area (TPSA) is 12.0 Å². The second-order valence-electron chi connectivity index (χ2n) is 4.97. The number of hydrogen-bond donors (Lipinski definition) is 1. The molecule has 0 aliphatic rings. The van der Waals surface area contributed by atoms with Gasteiger partial charge in [-0.1, -0.05) is 52.7 Å². The molecule has 0 aliphatic carbocycles. The molecule has 112 valence electrons. The van der Waals surface area contributed by atoms with E-state index in [-0.39, 0.29) is 11.9 Å². The van der Waals surface area contributed by atoms with Gasteiger partial charge in [0.05, 0.1) is 0 Å². The molecule has 0 bridgehead atoms. The molecule has 0 aliphatic heterocycles. The lowest BCUT2D eigenvalue weighted by molar-refractivity contribution is 0.495. The Bertz CT molecular complexity index is 566. The van der Waals surface area contributed by atoms with Gasteiger partial charge in [-0.15, -0.1) is 0 Å². The van der Waals surface area contributed by atoms with Gasteiger partial charge in [0.2, 0.25) is 0 Å². The van der Waals surface area contributed by atoms with E-state index >= 15 is 0 Å². The van der Waals surface area contributed by atoms with Crippen LogP contribution in [0.5, 0.6) is 0 Å². The van der Waals surface area contributed by atoms with Crippen molar-refractivity contribution in [1.29, 1.82) is 0 Å². The summed E-state index contributed by atoms with van der Waals surface area (Å²) in [6.45, 7) is 2.95. The summed E-state index contributed by atoms with van der Waals surface area (Å²) in [6, 6.07) is 12.7. The summed E-state index contributed by atoms with van der Waals surface area (Å²) < 4.78 is 15.0. The van der Waals surface area contributed by atoms with E-state index < -0.39 is 0 Å². The summed E-state index contributed by atoms with van der Waals surface area (Å²) in [5, 5.41) is 4.14. The number of halogens is 3. The third-order valence-electron chi connectivity index (χ3n) is 3.34. The van der Waals surface area contributed by atoms with Gasteiger partial charge in [0.15, 0.2) is 0 Å². The van der Waals surface area contributed by atoms with Crippen molar-refractivity contribution in [2.24, 2.45) is 0 Å². The third kappa shape index (κ3) is 4.53. The molecule has 2 aromatic rings. The lowest BCUT2D eigenvalue weighted by Crippen LogP contribution is -2.25. The molecule has 0 radical (unpaired) electrons. The van der Waals surface area contributed by atoms with Crippen LogP contribution in [0, 0.1) is 5.82 Å². The molecular weight excluding hydrogens is 353 g/mol. The SMILES string of the molecule is CCCNC(Cc1ccc(Cl)cc1)c1c(F)cccc1Br. The summed E-state index contributed by atoms with van der Waals surface area (Å²) in [4.78, 5) is 0. The molecule has 0 aromatic heterocycles. The quantitative estimate of drug-likeness (QED) is 0.705. The standard InChI is InChI=1S/C17H18BrClFN/c1-2-10-21-16(11-12-6-8-13(19)9-7-12)17-14(18)4-3-5-15(17)20/h3-9,16,21H,2,10-11H2,1H3. The van der Waals surface area contributed by atoms with E-state index in [9.17, 15) is 4.39 Å². The summed E-state index contributed by atoms with van der Waals surface area (Å²) in [5.41, 5.74) is 1.81. The smallest absolute Gasteiger partial charge is 0.129 e. The lowest BCUT2D eigenvalue weighted by atomic mass is 9.98. The minimum Gasteiger partial charge on any atom is -0.310 e. The number of rotatable bonds is 6. The Kier molecular flexibility index (Phi) is 6.22. The second-order valence-corrected chi connectivity index (χ2v) is 6.26. The number of benzene rings is 2. The minimum atomic E-state index is -0.188. The van der Waals surface area contributed by atoms with E-state index in [1.807, 2.05) is 30.3 Å². The largest absolute Gasteiger partial charge is 0.310 e. The fourth-order valence-electron chi connectivity index (χ4n) is 2.29. The zero-order valence-electron chi connectivity index (χ0n) is 11.9. The van der Waals surface area contributed by atoms with E-state index in [1.54, 1.807) is 6.07 Å². The van der Waals surface area contributed by atoms with E-state index in [2.05, 4.69) is 28.2 Å². The van der Waals surface area contributed by atoms with Crippen molar-refractivity contribution in [3.63, 3.8) is 0 Å². The summed E-state index contributed by atoms with van der Waals surface area (Å²) in [5.74, 6) is -0.188. The fraction of sp³-hybridized carbons (Fsp3) is 0.294. The first kappa shape index (κ1) is 16.5. The average Bonchev–Trinajstić information content (AvgIpc) is 2.46. The van der Waals surface area contributed by atoms with E-state index in [4.69, 9.17) is 11.6 Å². The Labute approximate surface area is 138 Å². The van der Waals surface area contributed by atoms with Gasteiger partial charge in [-0.25, -0.2) is 4.39 Å². The van der Waals surface area contributed by atoms with Crippen LogP contribution in [0.4, 0.5) is 4.39 Å². The van der Waals surface area contributed by atoms with Crippen LogP contribution in [0.15, 0.2) is 46.9 Å². The van der Waals surface area contributed by atoms with Crippen LogP contribution in [-0.4, -0.2) is 6.54 Å². The van der Waals surface area contributed by atoms with E-state index in [0.29, 0.717) is 10.6 Å². The van der Waals surface area contributed by atoms with Crippen LogP contribution in [0.1, 0.15) is 30.5 Å². The van der Waals surface area contributed by atoms with Crippen molar-refractivity contribution in [2.75, 3.05) is 6.54 Å². The number of hydrogen-bond acceptors (Lipinski definition) is 1. The molecule has 1 nitrogen and oxygen atoms in total. The predicted octanol–water partition coefficient (Wildman–Crippen LogP) is 5.53. The van der Waals surface area contributed by atoms with Gasteiger partial charge in [0, 0.05) is 21.1 Å². The van der Waals surface area contributed by atoms with E-state index in [1.165, 1.54) is 6.07 Å². The Morgan fingerprint density at radius 2 is 1.90 bits per heavy atom. The monoisotopic (exact) mass is 369 g/mol. The second kappa shape index (κ2) is 7.92. The molecule has 1 N–H and O–H groups in total. The van der Waals surface area contributed by atoms with Gasteiger partial charge >= 0.3 is 0 Å². The summed E-state index contributed by atoms with van der Waals surface area (Å²) >= 11 is 9.38.